The van der Waals surface area contributed by atoms with E-state index in [-0.39, 0.29) is 6.04 Å². The van der Waals surface area contributed by atoms with E-state index in [9.17, 15) is 0 Å². The van der Waals surface area contributed by atoms with Crippen molar-refractivity contribution in [3.8, 4) is 0 Å². The molecular formula is C11H14BrN. The molecule has 0 heterocycles. The van der Waals surface area contributed by atoms with Crippen LogP contribution >= 0.6 is 15.9 Å². The highest BCUT2D eigenvalue weighted by molar-refractivity contribution is 9.10. The third kappa shape index (κ3) is 3.33. The molecule has 0 radical (unpaired) electrons. The third-order valence-corrected chi connectivity index (χ3v) is 2.66. The monoisotopic (exact) mass is 239 g/mol. The Labute approximate surface area is 87.8 Å². The van der Waals surface area contributed by atoms with Gasteiger partial charge in [-0.1, -0.05) is 40.2 Å². The lowest BCUT2D eigenvalue weighted by Crippen LogP contribution is -2.09. The van der Waals surface area contributed by atoms with Gasteiger partial charge in [0, 0.05) is 10.5 Å². The molecule has 0 aromatic heterocycles. The molecule has 0 aliphatic carbocycles. The maximum absolute atomic E-state index is 5.61. The first kappa shape index (κ1) is 10.5. The van der Waals surface area contributed by atoms with E-state index in [1.54, 1.807) is 0 Å². The van der Waals surface area contributed by atoms with Crippen LogP contribution in [-0.2, 0) is 0 Å². The smallest absolute Gasteiger partial charge is 0.0204 e. The average molecular weight is 240 g/mol. The molecule has 1 unspecified atom stereocenters. The topological polar surface area (TPSA) is 26.0 Å². The summed E-state index contributed by atoms with van der Waals surface area (Å²) in [5.41, 5.74) is 8.05. The van der Waals surface area contributed by atoms with Gasteiger partial charge in [-0.05, 0) is 31.0 Å². The lowest BCUT2D eigenvalue weighted by atomic mass is 10.1. The minimum atomic E-state index is 0.115. The summed E-state index contributed by atoms with van der Waals surface area (Å²) in [4.78, 5) is 0. The largest absolute Gasteiger partial charge is 0.325 e. The molecule has 0 saturated carbocycles. The van der Waals surface area contributed by atoms with Crippen molar-refractivity contribution in [2.24, 2.45) is 5.73 Å². The lowest BCUT2D eigenvalue weighted by Gasteiger charge is -2.00. The summed E-state index contributed by atoms with van der Waals surface area (Å²) in [5.74, 6) is 0. The van der Waals surface area contributed by atoms with Gasteiger partial charge in [-0.3, -0.25) is 0 Å². The number of hydrogen-bond acceptors (Lipinski definition) is 1. The van der Waals surface area contributed by atoms with Gasteiger partial charge < -0.3 is 5.73 Å². The lowest BCUT2D eigenvalue weighted by molar-refractivity contribution is 0.931. The zero-order chi connectivity index (χ0) is 9.84. The Balaban J connectivity index is 2.85. The molecule has 1 nitrogen and oxygen atoms in total. The second kappa shape index (κ2) is 4.58. The van der Waals surface area contributed by atoms with Crippen LogP contribution in [0.4, 0.5) is 0 Å². The highest BCUT2D eigenvalue weighted by Crippen LogP contribution is 2.17. The van der Waals surface area contributed by atoms with Crippen LogP contribution in [-0.4, -0.2) is 6.04 Å². The van der Waals surface area contributed by atoms with Crippen LogP contribution in [0.15, 0.2) is 28.7 Å². The zero-order valence-corrected chi connectivity index (χ0v) is 9.51. The van der Waals surface area contributed by atoms with E-state index < -0.39 is 0 Å². The van der Waals surface area contributed by atoms with Gasteiger partial charge in [-0.2, -0.15) is 0 Å². The minimum Gasteiger partial charge on any atom is -0.325 e. The summed E-state index contributed by atoms with van der Waals surface area (Å²) >= 11 is 3.46. The van der Waals surface area contributed by atoms with Gasteiger partial charge >= 0.3 is 0 Å². The normalized spacial score (nSPS) is 13.5. The second-order valence-electron chi connectivity index (χ2n) is 3.23. The number of aryl methyl sites for hydroxylation is 1. The van der Waals surface area contributed by atoms with Crippen LogP contribution in [0, 0.1) is 6.92 Å². The van der Waals surface area contributed by atoms with Crippen molar-refractivity contribution in [2.75, 3.05) is 0 Å². The number of nitrogens with two attached hydrogens (primary N) is 1. The number of halogens is 1. The fourth-order valence-electron chi connectivity index (χ4n) is 1.03. The molecule has 0 spiro atoms. The quantitative estimate of drug-likeness (QED) is 0.844. The van der Waals surface area contributed by atoms with Crippen LogP contribution in [0.1, 0.15) is 18.1 Å². The molecule has 1 atom stereocenters. The molecule has 0 aliphatic rings. The molecule has 1 aromatic carbocycles. The van der Waals surface area contributed by atoms with E-state index in [0.717, 1.165) is 4.47 Å². The maximum atomic E-state index is 5.61. The van der Waals surface area contributed by atoms with Crippen molar-refractivity contribution in [1.29, 1.82) is 0 Å². The molecule has 13 heavy (non-hydrogen) atoms. The first-order valence-corrected chi connectivity index (χ1v) is 5.09. The fraction of sp³-hybridized carbons (Fsp3) is 0.273. The summed E-state index contributed by atoms with van der Waals surface area (Å²) in [6.45, 7) is 4.04. The second-order valence-corrected chi connectivity index (χ2v) is 4.08. The Morgan fingerprint density at radius 1 is 1.46 bits per heavy atom. The maximum Gasteiger partial charge on any atom is 0.0204 e. The van der Waals surface area contributed by atoms with E-state index in [0.29, 0.717) is 0 Å². The summed E-state index contributed by atoms with van der Waals surface area (Å²) in [5, 5.41) is 0. The van der Waals surface area contributed by atoms with Crippen molar-refractivity contribution in [2.45, 2.75) is 19.9 Å². The molecule has 1 rings (SSSR count). The molecule has 0 bridgehead atoms. The molecule has 0 fully saturated rings. The van der Waals surface area contributed by atoms with Crippen molar-refractivity contribution in [3.63, 3.8) is 0 Å². The summed E-state index contributed by atoms with van der Waals surface area (Å²) in [7, 11) is 0. The fourth-order valence-corrected chi connectivity index (χ4v) is 1.28. The SMILES string of the molecule is Cc1cc(/C=C/C(C)N)ccc1Br. The van der Waals surface area contributed by atoms with Gasteiger partial charge in [0.1, 0.15) is 0 Å². The van der Waals surface area contributed by atoms with Crippen molar-refractivity contribution in [3.05, 3.63) is 39.9 Å². The summed E-state index contributed by atoms with van der Waals surface area (Å²) in [6, 6.07) is 6.36. The number of rotatable bonds is 2. The third-order valence-electron chi connectivity index (χ3n) is 1.77. The van der Waals surface area contributed by atoms with E-state index in [1.165, 1.54) is 11.1 Å². The Morgan fingerprint density at radius 2 is 2.15 bits per heavy atom. The molecule has 2 N–H and O–H groups in total. The molecule has 70 valence electrons. The van der Waals surface area contributed by atoms with Gasteiger partial charge in [-0.25, -0.2) is 0 Å². The Kier molecular flexibility index (Phi) is 3.70. The molecular weight excluding hydrogens is 226 g/mol. The van der Waals surface area contributed by atoms with Crippen LogP contribution in [0.25, 0.3) is 6.08 Å². The van der Waals surface area contributed by atoms with E-state index in [2.05, 4.69) is 41.1 Å². The first-order valence-electron chi connectivity index (χ1n) is 4.29. The zero-order valence-electron chi connectivity index (χ0n) is 7.92. The van der Waals surface area contributed by atoms with Gasteiger partial charge in [0.15, 0.2) is 0 Å². The standard InChI is InChI=1S/C11H14BrN/c1-8-7-10(4-3-9(2)13)5-6-11(8)12/h3-7,9H,13H2,1-2H3/b4-3+. The van der Waals surface area contributed by atoms with Crippen LogP contribution in [0.3, 0.4) is 0 Å². The predicted molar refractivity (Wildman–Crippen MR) is 61.6 cm³/mol. The van der Waals surface area contributed by atoms with Crippen LogP contribution in [0.2, 0.25) is 0 Å². The molecule has 0 saturated heterocycles. The highest BCUT2D eigenvalue weighted by Gasteiger charge is 1.94. The van der Waals surface area contributed by atoms with Crippen LogP contribution in [0.5, 0.6) is 0 Å². The predicted octanol–water partition coefficient (Wildman–Crippen LogP) is 3.12. The Morgan fingerprint density at radius 3 is 2.69 bits per heavy atom. The van der Waals surface area contributed by atoms with Crippen molar-refractivity contribution >= 4 is 22.0 Å². The highest BCUT2D eigenvalue weighted by atomic mass is 79.9. The first-order chi connectivity index (χ1) is 6.09. The van der Waals surface area contributed by atoms with E-state index in [1.807, 2.05) is 19.1 Å². The molecule has 0 aliphatic heterocycles. The van der Waals surface area contributed by atoms with E-state index in [4.69, 9.17) is 5.73 Å². The van der Waals surface area contributed by atoms with E-state index >= 15 is 0 Å². The average Bonchev–Trinajstić information content (AvgIpc) is 2.07. The van der Waals surface area contributed by atoms with Crippen molar-refractivity contribution in [1.82, 2.24) is 0 Å². The van der Waals surface area contributed by atoms with Gasteiger partial charge in [0.05, 0.1) is 0 Å². The van der Waals surface area contributed by atoms with Crippen molar-refractivity contribution < 1.29 is 0 Å². The minimum absolute atomic E-state index is 0.115. The number of hydrogen-bond donors (Lipinski definition) is 1. The summed E-state index contributed by atoms with van der Waals surface area (Å²) in [6.07, 6.45) is 4.03. The molecule has 0 amide bonds. The molecule has 1 aromatic rings. The van der Waals surface area contributed by atoms with Gasteiger partial charge in [0.2, 0.25) is 0 Å². The number of benzene rings is 1. The Bertz CT molecular complexity index is 316. The van der Waals surface area contributed by atoms with Gasteiger partial charge in [0.25, 0.3) is 0 Å². The Hall–Kier alpha value is -0.600. The van der Waals surface area contributed by atoms with Gasteiger partial charge in [-0.15, -0.1) is 0 Å². The molecule has 2 heteroatoms. The summed E-state index contributed by atoms with van der Waals surface area (Å²) < 4.78 is 1.14. The van der Waals surface area contributed by atoms with Crippen LogP contribution < -0.4 is 5.73 Å².